The molecule has 26 heavy (non-hydrogen) atoms. The number of amides is 2. The number of carbonyl (C=O) groups excluding carboxylic acids is 2. The normalized spacial score (nSPS) is 17.0. The summed E-state index contributed by atoms with van der Waals surface area (Å²) in [5.41, 5.74) is 2.79. The molecule has 3 rings (SSSR count). The van der Waals surface area contributed by atoms with E-state index in [4.69, 9.17) is 0 Å². The first-order chi connectivity index (χ1) is 12.4. The van der Waals surface area contributed by atoms with Crippen molar-refractivity contribution in [2.75, 3.05) is 26.7 Å². The Hall–Kier alpha value is -2.21. The van der Waals surface area contributed by atoms with Gasteiger partial charge in [-0.3, -0.25) is 9.59 Å². The predicted molar refractivity (Wildman–Crippen MR) is 104 cm³/mol. The van der Waals surface area contributed by atoms with Crippen LogP contribution in [0.3, 0.4) is 0 Å². The minimum absolute atomic E-state index is 0.00356. The first kappa shape index (κ1) is 18.6. The third kappa shape index (κ3) is 3.80. The molecular formula is C20H25N3O2S. The highest BCUT2D eigenvalue weighted by molar-refractivity contribution is 7.15. The molecule has 0 bridgehead atoms. The quantitative estimate of drug-likeness (QED) is 0.810. The van der Waals surface area contributed by atoms with E-state index in [1.54, 1.807) is 16.2 Å². The second-order valence-electron chi connectivity index (χ2n) is 6.91. The van der Waals surface area contributed by atoms with Gasteiger partial charge >= 0.3 is 0 Å². The zero-order valence-corrected chi connectivity index (χ0v) is 16.6. The number of thiazole rings is 1. The molecule has 0 radical (unpaired) electrons. The van der Waals surface area contributed by atoms with Crippen molar-refractivity contribution in [1.82, 2.24) is 14.8 Å². The molecule has 2 heterocycles. The van der Waals surface area contributed by atoms with Crippen molar-refractivity contribution >= 4 is 23.2 Å². The Kier molecular flexibility index (Phi) is 5.41. The Labute approximate surface area is 158 Å². The van der Waals surface area contributed by atoms with E-state index in [0.717, 1.165) is 34.2 Å². The molecule has 6 heteroatoms. The number of hydrogen-bond acceptors (Lipinski definition) is 4. The van der Waals surface area contributed by atoms with Crippen LogP contribution in [-0.4, -0.2) is 53.3 Å². The highest BCUT2D eigenvalue weighted by Crippen LogP contribution is 2.30. The van der Waals surface area contributed by atoms with Crippen LogP contribution < -0.4 is 0 Å². The van der Waals surface area contributed by atoms with Crippen molar-refractivity contribution < 1.29 is 9.59 Å². The maximum Gasteiger partial charge on any atom is 0.253 e. The van der Waals surface area contributed by atoms with E-state index in [2.05, 4.69) is 4.98 Å². The van der Waals surface area contributed by atoms with E-state index < -0.39 is 0 Å². The Balaban J connectivity index is 1.66. The van der Waals surface area contributed by atoms with E-state index in [-0.39, 0.29) is 17.7 Å². The van der Waals surface area contributed by atoms with Gasteiger partial charge in [-0.25, -0.2) is 4.98 Å². The van der Waals surface area contributed by atoms with Crippen LogP contribution in [0.15, 0.2) is 24.3 Å². The van der Waals surface area contributed by atoms with E-state index in [1.165, 1.54) is 0 Å². The van der Waals surface area contributed by atoms with Gasteiger partial charge in [-0.05, 0) is 38.5 Å². The molecule has 1 aromatic carbocycles. The van der Waals surface area contributed by atoms with Gasteiger partial charge in [0.2, 0.25) is 5.91 Å². The molecule has 138 valence electrons. The molecule has 0 saturated carbocycles. The Morgan fingerprint density at radius 1 is 1.31 bits per heavy atom. The average molecular weight is 372 g/mol. The van der Waals surface area contributed by atoms with Crippen molar-refractivity contribution in [3.63, 3.8) is 0 Å². The van der Waals surface area contributed by atoms with Crippen molar-refractivity contribution in [2.24, 2.45) is 5.92 Å². The fourth-order valence-electron chi connectivity index (χ4n) is 3.54. The van der Waals surface area contributed by atoms with Crippen molar-refractivity contribution in [3.05, 3.63) is 40.5 Å². The molecule has 0 aliphatic carbocycles. The van der Waals surface area contributed by atoms with Crippen LogP contribution in [0, 0.1) is 19.8 Å². The van der Waals surface area contributed by atoms with Gasteiger partial charge in [0, 0.05) is 44.6 Å². The Morgan fingerprint density at radius 2 is 2.00 bits per heavy atom. The molecule has 1 aliphatic heterocycles. The summed E-state index contributed by atoms with van der Waals surface area (Å²) in [6, 6.07) is 7.72. The topological polar surface area (TPSA) is 53.5 Å². The minimum atomic E-state index is -0.00356. The second-order valence-corrected chi connectivity index (χ2v) is 8.12. The molecule has 0 spiro atoms. The molecule has 2 aromatic rings. The molecule has 5 nitrogen and oxygen atoms in total. The first-order valence-corrected chi connectivity index (χ1v) is 9.78. The van der Waals surface area contributed by atoms with Crippen molar-refractivity contribution in [2.45, 2.75) is 27.2 Å². The van der Waals surface area contributed by atoms with Crippen LogP contribution in [0.25, 0.3) is 10.4 Å². The lowest BCUT2D eigenvalue weighted by Gasteiger charge is -2.21. The molecular weight excluding hydrogens is 346 g/mol. The molecule has 0 unspecified atom stereocenters. The number of rotatable bonds is 5. The Bertz CT molecular complexity index is 813. The third-order valence-corrected chi connectivity index (χ3v) is 5.97. The minimum Gasteiger partial charge on any atom is -0.343 e. The highest BCUT2D eigenvalue weighted by Gasteiger charge is 2.30. The van der Waals surface area contributed by atoms with Crippen LogP contribution in [-0.2, 0) is 4.79 Å². The molecule has 0 N–H and O–H groups in total. The first-order valence-electron chi connectivity index (χ1n) is 8.96. The molecule has 1 saturated heterocycles. The van der Waals surface area contributed by atoms with Gasteiger partial charge in [-0.2, -0.15) is 0 Å². The van der Waals surface area contributed by atoms with E-state index >= 15 is 0 Å². The van der Waals surface area contributed by atoms with Crippen LogP contribution in [0.2, 0.25) is 0 Å². The summed E-state index contributed by atoms with van der Waals surface area (Å²) < 4.78 is 0. The predicted octanol–water partition coefficient (Wildman–Crippen LogP) is 3.37. The molecule has 2 amide bonds. The SMILES string of the molecule is CCN1C[C@@H](CN(C)C(=O)c2ccc(-c3sc(C)nc3C)cc2)CC1=O. The third-order valence-electron chi connectivity index (χ3n) is 4.85. The van der Waals surface area contributed by atoms with Gasteiger partial charge in [0.05, 0.1) is 15.6 Å². The number of benzene rings is 1. The lowest BCUT2D eigenvalue weighted by atomic mass is 10.1. The Morgan fingerprint density at radius 3 is 2.54 bits per heavy atom. The molecule has 1 fully saturated rings. The average Bonchev–Trinajstić information content (AvgIpc) is 3.15. The standard InChI is InChI=1S/C20H25N3O2S/c1-5-23-12-15(10-18(23)24)11-22(4)20(25)17-8-6-16(7-9-17)19-13(2)21-14(3)26-19/h6-9,15H,5,10-12H2,1-4H3/t15-/m1/s1. The number of nitrogens with zero attached hydrogens (tertiary/aromatic N) is 3. The summed E-state index contributed by atoms with van der Waals surface area (Å²) >= 11 is 1.67. The number of carbonyl (C=O) groups is 2. The van der Waals surface area contributed by atoms with Crippen molar-refractivity contribution in [1.29, 1.82) is 0 Å². The van der Waals surface area contributed by atoms with Gasteiger partial charge in [0.25, 0.3) is 5.91 Å². The maximum absolute atomic E-state index is 12.7. The van der Waals surface area contributed by atoms with Gasteiger partial charge in [0.15, 0.2) is 0 Å². The van der Waals surface area contributed by atoms with Crippen molar-refractivity contribution in [3.8, 4) is 10.4 Å². The van der Waals surface area contributed by atoms with Gasteiger partial charge in [-0.1, -0.05) is 12.1 Å². The summed E-state index contributed by atoms with van der Waals surface area (Å²) in [6.45, 7) is 8.09. The summed E-state index contributed by atoms with van der Waals surface area (Å²) in [6.07, 6.45) is 0.536. The van der Waals surface area contributed by atoms with Crippen LogP contribution in [0.4, 0.5) is 0 Å². The number of aryl methyl sites for hydroxylation is 2. The largest absolute Gasteiger partial charge is 0.343 e. The zero-order valence-electron chi connectivity index (χ0n) is 15.8. The summed E-state index contributed by atoms with van der Waals surface area (Å²) in [7, 11) is 1.81. The molecule has 1 atom stereocenters. The maximum atomic E-state index is 12.7. The fourth-order valence-corrected chi connectivity index (χ4v) is 4.46. The van der Waals surface area contributed by atoms with Crippen LogP contribution in [0.5, 0.6) is 0 Å². The molecule has 1 aromatic heterocycles. The number of hydrogen-bond donors (Lipinski definition) is 0. The summed E-state index contributed by atoms with van der Waals surface area (Å²) in [4.78, 5) is 33.8. The lowest BCUT2D eigenvalue weighted by molar-refractivity contribution is -0.127. The fraction of sp³-hybridized carbons (Fsp3) is 0.450. The number of likely N-dealkylation sites (tertiary alicyclic amines) is 1. The van der Waals surface area contributed by atoms with E-state index in [9.17, 15) is 9.59 Å². The monoisotopic (exact) mass is 371 g/mol. The lowest BCUT2D eigenvalue weighted by Crippen LogP contribution is -2.33. The smallest absolute Gasteiger partial charge is 0.253 e. The zero-order chi connectivity index (χ0) is 18.8. The number of aromatic nitrogens is 1. The second kappa shape index (κ2) is 7.58. The van der Waals surface area contributed by atoms with E-state index in [0.29, 0.717) is 18.5 Å². The van der Waals surface area contributed by atoms with Gasteiger partial charge < -0.3 is 9.80 Å². The summed E-state index contributed by atoms with van der Waals surface area (Å²) in [5, 5.41) is 1.05. The molecule has 1 aliphatic rings. The van der Waals surface area contributed by atoms with Gasteiger partial charge in [-0.15, -0.1) is 11.3 Å². The van der Waals surface area contributed by atoms with Crippen LogP contribution >= 0.6 is 11.3 Å². The van der Waals surface area contributed by atoms with Gasteiger partial charge in [0.1, 0.15) is 0 Å². The highest BCUT2D eigenvalue weighted by atomic mass is 32.1. The van der Waals surface area contributed by atoms with Crippen LogP contribution in [0.1, 0.15) is 34.4 Å². The van der Waals surface area contributed by atoms with E-state index in [1.807, 2.05) is 57.0 Å². The summed E-state index contributed by atoms with van der Waals surface area (Å²) in [5.74, 6) is 0.410.